The SMILES string of the molecule is COc1ccc(N2CCN(c3ccc(NC(=O)CCCCNS(=O)(=O)C(C)(C)C)cc3)CC2)cc1OC. The van der Waals surface area contributed by atoms with Gasteiger partial charge in [0.2, 0.25) is 15.9 Å². The van der Waals surface area contributed by atoms with Crippen molar-refractivity contribution in [1.82, 2.24) is 4.72 Å². The number of carbonyl (C=O) groups excluding carboxylic acids is 1. The molecule has 1 heterocycles. The molecule has 0 atom stereocenters. The Morgan fingerprint density at radius 1 is 0.865 bits per heavy atom. The maximum atomic E-state index is 12.3. The minimum Gasteiger partial charge on any atom is -0.493 e. The lowest BCUT2D eigenvalue weighted by Crippen LogP contribution is -2.46. The molecule has 1 amide bonds. The first-order chi connectivity index (χ1) is 17.5. The van der Waals surface area contributed by atoms with Gasteiger partial charge in [0.25, 0.3) is 0 Å². The van der Waals surface area contributed by atoms with Gasteiger partial charge in [-0.2, -0.15) is 0 Å². The van der Waals surface area contributed by atoms with Gasteiger partial charge in [0.05, 0.1) is 19.0 Å². The van der Waals surface area contributed by atoms with Crippen LogP contribution in [0.2, 0.25) is 0 Å². The Bertz CT molecular complexity index is 1140. The second-order valence-electron chi connectivity index (χ2n) is 10.1. The number of amides is 1. The maximum absolute atomic E-state index is 12.3. The summed E-state index contributed by atoms with van der Waals surface area (Å²) in [6.07, 6.45) is 1.56. The fourth-order valence-corrected chi connectivity index (χ4v) is 4.90. The molecule has 0 unspecified atom stereocenters. The summed E-state index contributed by atoms with van der Waals surface area (Å²) >= 11 is 0. The molecule has 2 N–H and O–H groups in total. The molecule has 9 nitrogen and oxygen atoms in total. The number of carbonyl (C=O) groups is 1. The molecule has 1 aliphatic heterocycles. The van der Waals surface area contributed by atoms with E-state index in [9.17, 15) is 13.2 Å². The number of nitrogens with zero attached hydrogens (tertiary/aromatic N) is 2. The quantitative estimate of drug-likeness (QED) is 0.424. The molecule has 0 radical (unpaired) electrons. The fraction of sp³-hybridized carbons (Fsp3) is 0.519. The predicted octanol–water partition coefficient (Wildman–Crippen LogP) is 3.86. The summed E-state index contributed by atoms with van der Waals surface area (Å²) in [7, 11) is -0.0687. The van der Waals surface area contributed by atoms with Crippen LogP contribution in [0.5, 0.6) is 11.5 Å². The Labute approximate surface area is 221 Å². The molecule has 2 aromatic rings. The third kappa shape index (κ3) is 7.75. The molecule has 10 heteroatoms. The first-order valence-electron chi connectivity index (χ1n) is 12.6. The van der Waals surface area contributed by atoms with Gasteiger partial charge in [-0.3, -0.25) is 4.79 Å². The van der Waals surface area contributed by atoms with Crippen molar-refractivity contribution in [3.8, 4) is 11.5 Å². The van der Waals surface area contributed by atoms with Crippen molar-refractivity contribution in [3.05, 3.63) is 42.5 Å². The van der Waals surface area contributed by atoms with E-state index in [0.29, 0.717) is 25.8 Å². The van der Waals surface area contributed by atoms with Gasteiger partial charge in [-0.25, -0.2) is 13.1 Å². The number of anilines is 3. The highest BCUT2D eigenvalue weighted by atomic mass is 32.2. The maximum Gasteiger partial charge on any atom is 0.224 e. The first-order valence-corrected chi connectivity index (χ1v) is 14.1. The van der Waals surface area contributed by atoms with Gasteiger partial charge >= 0.3 is 0 Å². The van der Waals surface area contributed by atoms with E-state index in [1.807, 2.05) is 36.4 Å². The van der Waals surface area contributed by atoms with Crippen LogP contribution in [0.3, 0.4) is 0 Å². The molecular formula is C27H40N4O5S. The summed E-state index contributed by atoms with van der Waals surface area (Å²) in [5.41, 5.74) is 2.99. The lowest BCUT2D eigenvalue weighted by Gasteiger charge is -2.37. The van der Waals surface area contributed by atoms with Gasteiger partial charge in [-0.1, -0.05) is 0 Å². The Balaban J connectivity index is 1.42. The van der Waals surface area contributed by atoms with Crippen LogP contribution in [-0.4, -0.2) is 66.0 Å². The minimum absolute atomic E-state index is 0.0741. The number of hydrogen-bond donors (Lipinski definition) is 2. The van der Waals surface area contributed by atoms with Crippen molar-refractivity contribution < 1.29 is 22.7 Å². The zero-order chi connectivity index (χ0) is 27.1. The second-order valence-corrected chi connectivity index (χ2v) is 12.6. The van der Waals surface area contributed by atoms with Crippen molar-refractivity contribution >= 4 is 33.0 Å². The van der Waals surface area contributed by atoms with Crippen LogP contribution in [0, 0.1) is 0 Å². The van der Waals surface area contributed by atoms with E-state index in [1.54, 1.807) is 35.0 Å². The highest BCUT2D eigenvalue weighted by Gasteiger charge is 2.28. The summed E-state index contributed by atoms with van der Waals surface area (Å²) in [5, 5.41) is 2.93. The molecule has 1 saturated heterocycles. The van der Waals surface area contributed by atoms with E-state index >= 15 is 0 Å². The molecule has 2 aromatic carbocycles. The topological polar surface area (TPSA) is 100 Å². The molecule has 3 rings (SSSR count). The van der Waals surface area contributed by atoms with Crippen LogP contribution in [0.15, 0.2) is 42.5 Å². The first kappa shape index (κ1) is 28.6. The Morgan fingerprint density at radius 3 is 2.00 bits per heavy atom. The second kappa shape index (κ2) is 12.5. The highest BCUT2D eigenvalue weighted by Crippen LogP contribution is 2.32. The highest BCUT2D eigenvalue weighted by molar-refractivity contribution is 7.90. The lowest BCUT2D eigenvalue weighted by molar-refractivity contribution is -0.116. The molecule has 0 bridgehead atoms. The molecule has 1 fully saturated rings. The van der Waals surface area contributed by atoms with Crippen molar-refractivity contribution in [2.75, 3.05) is 62.1 Å². The zero-order valence-electron chi connectivity index (χ0n) is 22.5. The predicted molar refractivity (Wildman–Crippen MR) is 150 cm³/mol. The van der Waals surface area contributed by atoms with Gasteiger partial charge in [0, 0.05) is 62.3 Å². The van der Waals surface area contributed by atoms with Crippen LogP contribution in [0.25, 0.3) is 0 Å². The summed E-state index contributed by atoms with van der Waals surface area (Å²) in [5.74, 6) is 1.38. The van der Waals surface area contributed by atoms with E-state index in [2.05, 4.69) is 25.9 Å². The van der Waals surface area contributed by atoms with Crippen molar-refractivity contribution in [1.29, 1.82) is 0 Å². The molecular weight excluding hydrogens is 492 g/mol. The Morgan fingerprint density at radius 2 is 1.43 bits per heavy atom. The van der Waals surface area contributed by atoms with Crippen LogP contribution < -0.4 is 29.3 Å². The summed E-state index contributed by atoms with van der Waals surface area (Å²) in [6, 6.07) is 13.9. The van der Waals surface area contributed by atoms with Crippen molar-refractivity contribution in [2.24, 2.45) is 0 Å². The number of nitrogens with one attached hydrogen (secondary N) is 2. The fourth-order valence-electron chi connectivity index (χ4n) is 4.06. The number of ether oxygens (including phenoxy) is 2. The van der Waals surface area contributed by atoms with E-state index in [4.69, 9.17) is 9.47 Å². The van der Waals surface area contributed by atoms with Crippen LogP contribution in [0.1, 0.15) is 40.0 Å². The van der Waals surface area contributed by atoms with Gasteiger partial charge in [-0.05, 0) is 70.0 Å². The number of benzene rings is 2. The lowest BCUT2D eigenvalue weighted by atomic mass is 10.2. The number of piperazine rings is 1. The van der Waals surface area contributed by atoms with Crippen molar-refractivity contribution in [3.63, 3.8) is 0 Å². The third-order valence-corrected chi connectivity index (χ3v) is 8.65. The smallest absolute Gasteiger partial charge is 0.224 e. The van der Waals surface area contributed by atoms with Crippen LogP contribution in [-0.2, 0) is 14.8 Å². The average molecular weight is 533 g/mol. The van der Waals surface area contributed by atoms with E-state index in [1.165, 1.54) is 0 Å². The zero-order valence-corrected chi connectivity index (χ0v) is 23.4. The number of methoxy groups -OCH3 is 2. The minimum atomic E-state index is -3.35. The summed E-state index contributed by atoms with van der Waals surface area (Å²) in [6.45, 7) is 8.87. The van der Waals surface area contributed by atoms with Crippen LogP contribution >= 0.6 is 0 Å². The molecule has 204 valence electrons. The monoisotopic (exact) mass is 532 g/mol. The average Bonchev–Trinajstić information content (AvgIpc) is 2.88. The Hall–Kier alpha value is -2.98. The molecule has 37 heavy (non-hydrogen) atoms. The standard InChI is InChI=1S/C27H40N4O5S/c1-27(2,3)37(33,34)28-15-7-6-8-26(32)29-21-9-11-22(12-10-21)30-16-18-31(19-17-30)23-13-14-24(35-4)25(20-23)36-5/h9-14,20,28H,6-8,15-19H2,1-5H3,(H,29,32). The Kier molecular flexibility index (Phi) is 9.67. The summed E-state index contributed by atoms with van der Waals surface area (Å²) < 4.78 is 36.6. The van der Waals surface area contributed by atoms with Gasteiger partial charge < -0.3 is 24.6 Å². The van der Waals surface area contributed by atoms with Crippen LogP contribution in [0.4, 0.5) is 17.1 Å². The number of unbranched alkanes of at least 4 members (excludes halogenated alkanes) is 1. The molecule has 0 aliphatic carbocycles. The number of sulfonamides is 1. The van der Waals surface area contributed by atoms with Crippen molar-refractivity contribution in [2.45, 2.75) is 44.8 Å². The molecule has 0 saturated carbocycles. The van der Waals surface area contributed by atoms with E-state index in [-0.39, 0.29) is 5.91 Å². The normalized spacial score (nSPS) is 14.4. The van der Waals surface area contributed by atoms with Gasteiger partial charge in [0.1, 0.15) is 0 Å². The van der Waals surface area contributed by atoms with E-state index < -0.39 is 14.8 Å². The molecule has 0 aromatic heterocycles. The number of hydrogen-bond acceptors (Lipinski definition) is 7. The number of rotatable bonds is 11. The largest absolute Gasteiger partial charge is 0.493 e. The van der Waals surface area contributed by atoms with Gasteiger partial charge in [0.15, 0.2) is 11.5 Å². The third-order valence-electron chi connectivity index (χ3n) is 6.46. The van der Waals surface area contributed by atoms with E-state index in [0.717, 1.165) is 54.7 Å². The molecule has 1 aliphatic rings. The molecule has 0 spiro atoms. The van der Waals surface area contributed by atoms with Gasteiger partial charge in [-0.15, -0.1) is 0 Å². The summed E-state index contributed by atoms with van der Waals surface area (Å²) in [4.78, 5) is 17.0.